The van der Waals surface area contributed by atoms with Crippen molar-refractivity contribution in [2.75, 3.05) is 24.5 Å². The molecule has 1 aliphatic heterocycles. The maximum Gasteiger partial charge on any atom is 0.275 e. The molecule has 0 radical (unpaired) electrons. The zero-order valence-corrected chi connectivity index (χ0v) is 9.58. The Hall–Kier alpha value is -1.27. The lowest BCUT2D eigenvalue weighted by Crippen LogP contribution is -2.50. The molecule has 88 valence electrons. The minimum Gasteiger partial charge on any atom is -0.492 e. The number of hydrogen-bond donors (Lipinski definition) is 3. The molecule has 0 aliphatic carbocycles. The van der Waals surface area contributed by atoms with Crippen molar-refractivity contribution < 1.29 is 5.11 Å². The number of aromatic hydroxyl groups is 1. The van der Waals surface area contributed by atoms with E-state index in [4.69, 9.17) is 11.6 Å². The van der Waals surface area contributed by atoms with E-state index in [2.05, 4.69) is 15.3 Å². The SMILES string of the molecule is CC1CNCCN1c1nc(O)c(Cl)c(=O)[nH]1. The Morgan fingerprint density at radius 1 is 1.62 bits per heavy atom. The highest BCUT2D eigenvalue weighted by Gasteiger charge is 2.21. The van der Waals surface area contributed by atoms with Gasteiger partial charge in [-0.15, -0.1) is 0 Å². The Kier molecular flexibility index (Phi) is 3.02. The smallest absolute Gasteiger partial charge is 0.275 e. The van der Waals surface area contributed by atoms with Gasteiger partial charge in [0.2, 0.25) is 11.8 Å². The van der Waals surface area contributed by atoms with Crippen LogP contribution in [-0.4, -0.2) is 40.8 Å². The molecule has 6 nitrogen and oxygen atoms in total. The van der Waals surface area contributed by atoms with Crippen LogP contribution in [0.1, 0.15) is 6.92 Å². The predicted molar refractivity (Wildman–Crippen MR) is 61.2 cm³/mol. The van der Waals surface area contributed by atoms with Gasteiger partial charge in [0.25, 0.3) is 5.56 Å². The lowest BCUT2D eigenvalue weighted by atomic mass is 10.2. The zero-order chi connectivity index (χ0) is 11.7. The molecule has 16 heavy (non-hydrogen) atoms. The molecule has 1 fully saturated rings. The van der Waals surface area contributed by atoms with Crippen molar-refractivity contribution in [3.05, 3.63) is 15.4 Å². The van der Waals surface area contributed by atoms with Crippen LogP contribution >= 0.6 is 11.6 Å². The lowest BCUT2D eigenvalue weighted by molar-refractivity contribution is 0.444. The molecular weight excluding hydrogens is 232 g/mol. The van der Waals surface area contributed by atoms with Crippen LogP contribution in [0.3, 0.4) is 0 Å². The van der Waals surface area contributed by atoms with E-state index in [9.17, 15) is 9.90 Å². The summed E-state index contributed by atoms with van der Waals surface area (Å²) in [6, 6.07) is 0.206. The van der Waals surface area contributed by atoms with E-state index >= 15 is 0 Å². The first-order chi connectivity index (χ1) is 7.59. The second-order valence-corrected chi connectivity index (χ2v) is 4.15. The normalized spacial score (nSPS) is 21.1. The highest BCUT2D eigenvalue weighted by atomic mass is 35.5. The van der Waals surface area contributed by atoms with E-state index in [1.54, 1.807) is 0 Å². The molecule has 1 unspecified atom stereocenters. The van der Waals surface area contributed by atoms with Gasteiger partial charge in [0.05, 0.1) is 0 Å². The standard InChI is InChI=1S/C9H13ClN4O2/c1-5-4-11-2-3-14(5)9-12-7(15)6(10)8(16)13-9/h5,11H,2-4H2,1H3,(H2,12,13,15,16). The van der Waals surface area contributed by atoms with Gasteiger partial charge in [0.1, 0.15) is 0 Å². The van der Waals surface area contributed by atoms with Gasteiger partial charge in [-0.3, -0.25) is 9.78 Å². The van der Waals surface area contributed by atoms with Crippen molar-refractivity contribution in [1.82, 2.24) is 15.3 Å². The first-order valence-electron chi connectivity index (χ1n) is 5.05. The molecule has 0 amide bonds. The minimum absolute atomic E-state index is 0.206. The summed E-state index contributed by atoms with van der Waals surface area (Å²) in [6.07, 6.45) is 0. The molecule has 3 N–H and O–H groups in total. The van der Waals surface area contributed by atoms with Gasteiger partial charge in [-0.2, -0.15) is 4.98 Å². The fraction of sp³-hybridized carbons (Fsp3) is 0.556. The summed E-state index contributed by atoms with van der Waals surface area (Å²) in [7, 11) is 0. The van der Waals surface area contributed by atoms with Gasteiger partial charge < -0.3 is 15.3 Å². The first kappa shape index (κ1) is 11.2. The molecule has 0 saturated carbocycles. The zero-order valence-electron chi connectivity index (χ0n) is 8.83. The average molecular weight is 245 g/mol. The number of nitrogens with one attached hydrogen (secondary N) is 2. The maximum atomic E-state index is 11.4. The number of hydrogen-bond acceptors (Lipinski definition) is 5. The quantitative estimate of drug-likeness (QED) is 0.644. The van der Waals surface area contributed by atoms with Crippen molar-refractivity contribution in [1.29, 1.82) is 0 Å². The van der Waals surface area contributed by atoms with Gasteiger partial charge >= 0.3 is 0 Å². The Balaban J connectivity index is 2.36. The third-order valence-corrected chi connectivity index (χ3v) is 2.95. The maximum absolute atomic E-state index is 11.4. The van der Waals surface area contributed by atoms with Gasteiger partial charge in [0.15, 0.2) is 5.02 Å². The van der Waals surface area contributed by atoms with Crippen LogP contribution in [0.4, 0.5) is 5.95 Å². The van der Waals surface area contributed by atoms with E-state index in [0.29, 0.717) is 5.95 Å². The van der Waals surface area contributed by atoms with E-state index in [1.165, 1.54) is 0 Å². The molecule has 1 aromatic heterocycles. The van der Waals surface area contributed by atoms with Crippen LogP contribution in [0.5, 0.6) is 5.88 Å². The molecule has 0 spiro atoms. The van der Waals surface area contributed by atoms with Crippen LogP contribution in [0.2, 0.25) is 5.02 Å². The summed E-state index contributed by atoms with van der Waals surface area (Å²) in [5.74, 6) is -0.0629. The summed E-state index contributed by atoms with van der Waals surface area (Å²) in [6.45, 7) is 4.37. The minimum atomic E-state index is -0.519. The Bertz CT molecular complexity index is 448. The molecular formula is C9H13ClN4O2. The summed E-state index contributed by atoms with van der Waals surface area (Å²) in [4.78, 5) is 19.7. The average Bonchev–Trinajstić information content (AvgIpc) is 2.26. The van der Waals surface area contributed by atoms with Crippen molar-refractivity contribution in [3.63, 3.8) is 0 Å². The van der Waals surface area contributed by atoms with Crippen molar-refractivity contribution in [2.24, 2.45) is 0 Å². The number of halogens is 1. The number of piperazine rings is 1. The van der Waals surface area contributed by atoms with Gasteiger partial charge in [0, 0.05) is 25.7 Å². The van der Waals surface area contributed by atoms with Crippen molar-refractivity contribution in [3.8, 4) is 5.88 Å². The van der Waals surface area contributed by atoms with Crippen molar-refractivity contribution in [2.45, 2.75) is 13.0 Å². The molecule has 1 atom stereocenters. The van der Waals surface area contributed by atoms with Gasteiger partial charge in [-0.05, 0) is 6.92 Å². The van der Waals surface area contributed by atoms with E-state index in [-0.39, 0.29) is 11.1 Å². The second-order valence-electron chi connectivity index (χ2n) is 3.77. The fourth-order valence-corrected chi connectivity index (χ4v) is 1.82. The highest BCUT2D eigenvalue weighted by molar-refractivity contribution is 6.31. The number of aromatic nitrogens is 2. The molecule has 0 aromatic carbocycles. The summed E-state index contributed by atoms with van der Waals surface area (Å²) >= 11 is 5.54. The molecule has 1 saturated heterocycles. The van der Waals surface area contributed by atoms with Crippen molar-refractivity contribution >= 4 is 17.5 Å². The summed E-state index contributed by atoms with van der Waals surface area (Å²) < 4.78 is 0. The fourth-order valence-electron chi connectivity index (χ4n) is 1.73. The van der Waals surface area contributed by atoms with E-state index in [1.807, 2.05) is 11.8 Å². The van der Waals surface area contributed by atoms with E-state index in [0.717, 1.165) is 19.6 Å². The number of anilines is 1. The van der Waals surface area contributed by atoms with E-state index < -0.39 is 11.4 Å². The lowest BCUT2D eigenvalue weighted by Gasteiger charge is -2.34. The van der Waals surface area contributed by atoms with Crippen LogP contribution in [-0.2, 0) is 0 Å². The van der Waals surface area contributed by atoms with Crippen LogP contribution in [0, 0.1) is 0 Å². The third-order valence-electron chi connectivity index (χ3n) is 2.61. The number of nitrogens with zero attached hydrogens (tertiary/aromatic N) is 2. The topological polar surface area (TPSA) is 81.2 Å². The molecule has 2 rings (SSSR count). The van der Waals surface area contributed by atoms with Crippen LogP contribution in [0.15, 0.2) is 4.79 Å². The van der Waals surface area contributed by atoms with Gasteiger partial charge in [-0.25, -0.2) is 0 Å². The summed E-state index contributed by atoms with van der Waals surface area (Å²) in [5.41, 5.74) is -0.519. The monoisotopic (exact) mass is 244 g/mol. The predicted octanol–water partition coefficient (Wildman–Crippen LogP) is -0.0730. The molecule has 7 heteroatoms. The highest BCUT2D eigenvalue weighted by Crippen LogP contribution is 2.19. The largest absolute Gasteiger partial charge is 0.492 e. The summed E-state index contributed by atoms with van der Waals surface area (Å²) in [5, 5.41) is 12.3. The number of rotatable bonds is 1. The molecule has 2 heterocycles. The van der Waals surface area contributed by atoms with Gasteiger partial charge in [-0.1, -0.05) is 11.6 Å². The Labute approximate surface area is 97.3 Å². The third kappa shape index (κ3) is 1.98. The second kappa shape index (κ2) is 4.31. The van der Waals surface area contributed by atoms with Crippen LogP contribution in [0.25, 0.3) is 0 Å². The first-order valence-corrected chi connectivity index (χ1v) is 5.43. The number of aromatic amines is 1. The molecule has 1 aromatic rings. The molecule has 0 bridgehead atoms. The Morgan fingerprint density at radius 3 is 3.00 bits per heavy atom. The van der Waals surface area contributed by atoms with Crippen LogP contribution < -0.4 is 15.8 Å². The Morgan fingerprint density at radius 2 is 2.38 bits per heavy atom. The number of H-pyrrole nitrogens is 1. The molecule has 1 aliphatic rings.